The number of nitrogens with one attached hydrogen (secondary N) is 1. The summed E-state index contributed by atoms with van der Waals surface area (Å²) in [7, 11) is 0. The van der Waals surface area contributed by atoms with Gasteiger partial charge in [0.1, 0.15) is 6.29 Å². The van der Waals surface area contributed by atoms with Crippen molar-refractivity contribution in [2.24, 2.45) is 0 Å². The number of aldehydes is 1. The number of amides is 1. The molecule has 17 heavy (non-hydrogen) atoms. The Bertz CT molecular complexity index is 489. The van der Waals surface area contributed by atoms with E-state index in [9.17, 15) is 9.59 Å². The lowest BCUT2D eigenvalue weighted by Gasteiger charge is -2.33. The predicted octanol–water partition coefficient (Wildman–Crippen LogP) is 2.36. The van der Waals surface area contributed by atoms with Crippen LogP contribution in [0.2, 0.25) is 0 Å². The van der Waals surface area contributed by atoms with Gasteiger partial charge in [-0.2, -0.15) is 0 Å². The minimum absolute atomic E-state index is 0.0636. The van der Waals surface area contributed by atoms with Gasteiger partial charge in [0.05, 0.1) is 0 Å². The van der Waals surface area contributed by atoms with Crippen molar-refractivity contribution in [1.82, 2.24) is 0 Å². The van der Waals surface area contributed by atoms with E-state index in [1.165, 1.54) is 0 Å². The lowest BCUT2D eigenvalue weighted by atomic mass is 9.76. The Morgan fingerprint density at radius 2 is 2.12 bits per heavy atom. The number of hydrogen-bond acceptors (Lipinski definition) is 2. The molecule has 0 aromatic heterocycles. The minimum Gasteiger partial charge on any atom is -0.326 e. The van der Waals surface area contributed by atoms with E-state index in [0.29, 0.717) is 12.8 Å². The van der Waals surface area contributed by atoms with Gasteiger partial charge in [0, 0.05) is 23.9 Å². The molecule has 1 aromatic carbocycles. The third-order valence-corrected chi connectivity index (χ3v) is 3.31. The second-order valence-corrected chi connectivity index (χ2v) is 5.31. The highest BCUT2D eigenvalue weighted by atomic mass is 16.1. The second-order valence-electron chi connectivity index (χ2n) is 5.31. The van der Waals surface area contributed by atoms with Crippen LogP contribution in [-0.4, -0.2) is 12.2 Å². The zero-order valence-electron chi connectivity index (χ0n) is 10.5. The number of carbonyl (C=O) groups is 2. The van der Waals surface area contributed by atoms with Gasteiger partial charge in [-0.05, 0) is 23.6 Å². The first-order valence-corrected chi connectivity index (χ1v) is 5.81. The molecule has 2 rings (SSSR count). The summed E-state index contributed by atoms with van der Waals surface area (Å²) in [5.41, 5.74) is 3.93. The first-order chi connectivity index (χ1) is 7.94. The van der Waals surface area contributed by atoms with E-state index in [-0.39, 0.29) is 11.3 Å². The number of rotatable bonds is 2. The van der Waals surface area contributed by atoms with E-state index in [0.717, 1.165) is 28.7 Å². The maximum absolute atomic E-state index is 11.6. The van der Waals surface area contributed by atoms with Crippen molar-refractivity contribution in [3.63, 3.8) is 0 Å². The van der Waals surface area contributed by atoms with E-state index in [1.807, 2.05) is 19.1 Å². The van der Waals surface area contributed by atoms with Gasteiger partial charge in [-0.25, -0.2) is 0 Å². The molecule has 0 saturated carbocycles. The van der Waals surface area contributed by atoms with Crippen LogP contribution in [0.3, 0.4) is 0 Å². The van der Waals surface area contributed by atoms with Gasteiger partial charge in [0.25, 0.3) is 0 Å². The van der Waals surface area contributed by atoms with Crippen molar-refractivity contribution in [2.75, 3.05) is 5.32 Å². The van der Waals surface area contributed by atoms with Gasteiger partial charge in [-0.1, -0.05) is 26.0 Å². The third kappa shape index (κ3) is 2.09. The fourth-order valence-corrected chi connectivity index (χ4v) is 2.46. The molecule has 0 spiro atoms. The maximum atomic E-state index is 11.6. The number of fused-ring (bicyclic) bond motifs is 1. The molecule has 3 nitrogen and oxygen atoms in total. The third-order valence-electron chi connectivity index (χ3n) is 3.31. The van der Waals surface area contributed by atoms with E-state index in [1.54, 1.807) is 0 Å². The van der Waals surface area contributed by atoms with Crippen molar-refractivity contribution in [3.8, 4) is 0 Å². The van der Waals surface area contributed by atoms with Gasteiger partial charge < -0.3 is 10.1 Å². The molecule has 0 unspecified atom stereocenters. The van der Waals surface area contributed by atoms with Gasteiger partial charge in [0.2, 0.25) is 5.91 Å². The van der Waals surface area contributed by atoms with Gasteiger partial charge >= 0.3 is 0 Å². The highest BCUT2D eigenvalue weighted by Crippen LogP contribution is 2.39. The fourth-order valence-electron chi connectivity index (χ4n) is 2.46. The molecule has 1 aromatic rings. The molecular weight excluding hydrogens is 214 g/mol. The van der Waals surface area contributed by atoms with Crippen LogP contribution >= 0.6 is 0 Å². The van der Waals surface area contributed by atoms with Crippen LogP contribution in [0.25, 0.3) is 0 Å². The Balaban J connectivity index is 2.58. The molecule has 0 bridgehead atoms. The Labute approximate surface area is 101 Å². The van der Waals surface area contributed by atoms with E-state index in [4.69, 9.17) is 0 Å². The lowest BCUT2D eigenvalue weighted by Crippen LogP contribution is -2.33. The molecule has 1 amide bonds. The van der Waals surface area contributed by atoms with Gasteiger partial charge in [0.15, 0.2) is 0 Å². The van der Waals surface area contributed by atoms with Gasteiger partial charge in [-0.3, -0.25) is 4.79 Å². The summed E-state index contributed by atoms with van der Waals surface area (Å²) in [6.07, 6.45) is 1.83. The summed E-state index contributed by atoms with van der Waals surface area (Å²) in [6.45, 7) is 6.10. The van der Waals surface area contributed by atoms with E-state index in [2.05, 4.69) is 19.2 Å². The normalized spacial score (nSPS) is 17.2. The van der Waals surface area contributed by atoms with Crippen molar-refractivity contribution < 1.29 is 9.59 Å². The summed E-state index contributed by atoms with van der Waals surface area (Å²) in [4.78, 5) is 22.2. The molecule has 0 atom stereocenters. The Morgan fingerprint density at radius 3 is 2.76 bits per heavy atom. The lowest BCUT2D eigenvalue weighted by molar-refractivity contribution is -0.117. The SMILES string of the molecule is Cc1cc(CC=O)cc2c1NC(=O)CC2(C)C. The summed E-state index contributed by atoms with van der Waals surface area (Å²) in [6, 6.07) is 4.01. The average molecular weight is 231 g/mol. The molecule has 1 aliphatic rings. The zero-order chi connectivity index (χ0) is 12.6. The molecule has 0 fully saturated rings. The van der Waals surface area contributed by atoms with Crippen LogP contribution in [0.5, 0.6) is 0 Å². The van der Waals surface area contributed by atoms with Crippen LogP contribution in [0.15, 0.2) is 12.1 Å². The quantitative estimate of drug-likeness (QED) is 0.794. The van der Waals surface area contributed by atoms with Crippen LogP contribution in [0, 0.1) is 6.92 Å². The standard InChI is InChI=1S/C14H17NO2/c1-9-6-10(4-5-16)7-11-13(9)15-12(17)8-14(11,2)3/h5-7H,4,8H2,1-3H3,(H,15,17). The number of anilines is 1. The number of benzene rings is 1. The van der Waals surface area contributed by atoms with Crippen molar-refractivity contribution in [3.05, 3.63) is 28.8 Å². The summed E-state index contributed by atoms with van der Waals surface area (Å²) in [5, 5.41) is 2.93. The summed E-state index contributed by atoms with van der Waals surface area (Å²) < 4.78 is 0. The fraction of sp³-hybridized carbons (Fsp3) is 0.429. The minimum atomic E-state index is -0.165. The maximum Gasteiger partial charge on any atom is 0.225 e. The van der Waals surface area contributed by atoms with Crippen LogP contribution in [0.4, 0.5) is 5.69 Å². The molecular formula is C14H17NO2. The predicted molar refractivity (Wildman–Crippen MR) is 67.2 cm³/mol. The average Bonchev–Trinajstić information content (AvgIpc) is 2.19. The molecule has 1 N–H and O–H groups in total. The highest BCUT2D eigenvalue weighted by molar-refractivity contribution is 5.96. The first-order valence-electron chi connectivity index (χ1n) is 5.81. The zero-order valence-corrected chi connectivity index (χ0v) is 10.5. The van der Waals surface area contributed by atoms with Gasteiger partial charge in [-0.15, -0.1) is 0 Å². The molecule has 90 valence electrons. The van der Waals surface area contributed by atoms with E-state index >= 15 is 0 Å². The smallest absolute Gasteiger partial charge is 0.225 e. The number of hydrogen-bond donors (Lipinski definition) is 1. The summed E-state index contributed by atoms with van der Waals surface area (Å²) in [5.74, 6) is 0.0636. The first kappa shape index (κ1) is 11.8. The molecule has 0 saturated heterocycles. The highest BCUT2D eigenvalue weighted by Gasteiger charge is 2.32. The van der Waals surface area contributed by atoms with Crippen LogP contribution < -0.4 is 5.32 Å². The largest absolute Gasteiger partial charge is 0.326 e. The topological polar surface area (TPSA) is 46.2 Å². The second kappa shape index (κ2) is 3.99. The Kier molecular flexibility index (Phi) is 2.77. The van der Waals surface area contributed by atoms with Crippen molar-refractivity contribution in [2.45, 2.75) is 39.0 Å². The van der Waals surface area contributed by atoms with Crippen molar-refractivity contribution >= 4 is 17.9 Å². The number of carbonyl (C=O) groups excluding carboxylic acids is 2. The molecule has 1 aliphatic heterocycles. The Hall–Kier alpha value is -1.64. The number of aryl methyl sites for hydroxylation is 1. The van der Waals surface area contributed by atoms with E-state index < -0.39 is 0 Å². The van der Waals surface area contributed by atoms with Crippen LogP contribution in [-0.2, 0) is 21.4 Å². The van der Waals surface area contributed by atoms with Crippen LogP contribution in [0.1, 0.15) is 37.0 Å². The molecule has 0 radical (unpaired) electrons. The van der Waals surface area contributed by atoms with Crippen molar-refractivity contribution in [1.29, 1.82) is 0 Å². The molecule has 0 aliphatic carbocycles. The monoisotopic (exact) mass is 231 g/mol. The Morgan fingerprint density at radius 1 is 1.41 bits per heavy atom. The molecule has 3 heteroatoms. The summed E-state index contributed by atoms with van der Waals surface area (Å²) >= 11 is 0. The molecule has 1 heterocycles.